The molecule has 0 saturated carbocycles. The summed E-state index contributed by atoms with van der Waals surface area (Å²) in [6.07, 6.45) is 0.443. The fourth-order valence-electron chi connectivity index (χ4n) is 2.12. The second-order valence-electron chi connectivity index (χ2n) is 6.20. The third-order valence-corrected chi connectivity index (χ3v) is 3.49. The van der Waals surface area contributed by atoms with Gasteiger partial charge in [-0.3, -0.25) is 4.79 Å². The summed E-state index contributed by atoms with van der Waals surface area (Å²) in [5.41, 5.74) is 10.4. The van der Waals surface area contributed by atoms with Gasteiger partial charge in [0, 0.05) is 6.54 Å². The van der Waals surface area contributed by atoms with E-state index in [0.717, 1.165) is 5.56 Å². The minimum Gasteiger partial charge on any atom is -0.355 e. The summed E-state index contributed by atoms with van der Waals surface area (Å²) in [7, 11) is 0. The summed E-state index contributed by atoms with van der Waals surface area (Å²) in [6, 6.07) is 4.25. The van der Waals surface area contributed by atoms with Crippen molar-refractivity contribution >= 4 is 5.91 Å². The molecule has 0 aliphatic rings. The van der Waals surface area contributed by atoms with E-state index < -0.39 is 0 Å². The van der Waals surface area contributed by atoms with Crippen LogP contribution in [0.15, 0.2) is 12.1 Å². The van der Waals surface area contributed by atoms with Crippen LogP contribution in [0.3, 0.4) is 0 Å². The van der Waals surface area contributed by atoms with Crippen LogP contribution < -0.4 is 11.1 Å². The van der Waals surface area contributed by atoms with Crippen molar-refractivity contribution in [2.24, 2.45) is 11.1 Å². The molecule has 0 aromatic heterocycles. The van der Waals surface area contributed by atoms with Crippen LogP contribution in [0.25, 0.3) is 0 Å². The number of carbonyl (C=O) groups is 1. The molecule has 1 amide bonds. The molecule has 0 aliphatic heterocycles. The fraction of sp³-hybridized carbons (Fsp3) is 0.562. The van der Waals surface area contributed by atoms with Crippen LogP contribution in [0.2, 0.25) is 0 Å². The van der Waals surface area contributed by atoms with Gasteiger partial charge in [0.25, 0.3) is 0 Å². The minimum absolute atomic E-state index is 0.0486. The third kappa shape index (κ3) is 4.67. The molecule has 106 valence electrons. The lowest BCUT2D eigenvalue weighted by molar-refractivity contribution is -0.120. The first-order valence-electron chi connectivity index (χ1n) is 6.78. The maximum Gasteiger partial charge on any atom is 0.224 e. The topological polar surface area (TPSA) is 55.1 Å². The maximum atomic E-state index is 12.0. The van der Waals surface area contributed by atoms with Gasteiger partial charge in [-0.05, 0) is 49.4 Å². The average Bonchev–Trinajstić information content (AvgIpc) is 2.31. The van der Waals surface area contributed by atoms with E-state index in [1.54, 1.807) is 0 Å². The van der Waals surface area contributed by atoms with Crippen molar-refractivity contribution in [3.05, 3.63) is 34.4 Å². The first-order chi connectivity index (χ1) is 8.75. The highest BCUT2D eigenvalue weighted by atomic mass is 16.1. The quantitative estimate of drug-likeness (QED) is 0.855. The highest BCUT2D eigenvalue weighted by molar-refractivity contribution is 5.79. The maximum absolute atomic E-state index is 12.0. The summed E-state index contributed by atoms with van der Waals surface area (Å²) in [6.45, 7) is 11.5. The van der Waals surface area contributed by atoms with Crippen LogP contribution in [0, 0.1) is 26.2 Å². The van der Waals surface area contributed by atoms with E-state index in [1.165, 1.54) is 16.7 Å². The van der Waals surface area contributed by atoms with Crippen LogP contribution in [0.4, 0.5) is 0 Å². The Morgan fingerprint density at radius 1 is 1.21 bits per heavy atom. The summed E-state index contributed by atoms with van der Waals surface area (Å²) >= 11 is 0. The van der Waals surface area contributed by atoms with Gasteiger partial charge >= 0.3 is 0 Å². The Morgan fingerprint density at radius 3 is 2.21 bits per heavy atom. The smallest absolute Gasteiger partial charge is 0.224 e. The Balaban J connectivity index is 2.68. The van der Waals surface area contributed by atoms with Gasteiger partial charge in [-0.1, -0.05) is 31.5 Å². The number of carbonyl (C=O) groups excluding carboxylic acids is 1. The number of nitrogens with two attached hydrogens (primary N) is 1. The Labute approximate surface area is 116 Å². The zero-order valence-electron chi connectivity index (χ0n) is 12.8. The zero-order chi connectivity index (χ0) is 14.6. The summed E-state index contributed by atoms with van der Waals surface area (Å²) in [5.74, 6) is 0.0663. The van der Waals surface area contributed by atoms with Gasteiger partial charge in [0.1, 0.15) is 0 Å². The van der Waals surface area contributed by atoms with Gasteiger partial charge in [0.05, 0.1) is 6.42 Å². The standard InChI is InChI=1S/C16H26N2O/c1-11-6-12(2)14(13(3)7-11)8-15(19)18-10-16(4,5)9-17/h6-7H,8-10,17H2,1-5H3,(H,18,19). The highest BCUT2D eigenvalue weighted by Gasteiger charge is 2.17. The normalized spacial score (nSPS) is 11.5. The number of rotatable bonds is 5. The molecule has 0 spiro atoms. The van der Waals surface area contributed by atoms with E-state index in [0.29, 0.717) is 19.5 Å². The molecule has 0 fully saturated rings. The Kier molecular flexibility index (Phi) is 5.12. The second-order valence-corrected chi connectivity index (χ2v) is 6.20. The van der Waals surface area contributed by atoms with Crippen molar-refractivity contribution in [1.82, 2.24) is 5.32 Å². The van der Waals surface area contributed by atoms with Crippen LogP contribution >= 0.6 is 0 Å². The van der Waals surface area contributed by atoms with Gasteiger partial charge in [0.2, 0.25) is 5.91 Å². The molecule has 0 unspecified atom stereocenters. The van der Waals surface area contributed by atoms with Crippen molar-refractivity contribution in [3.63, 3.8) is 0 Å². The van der Waals surface area contributed by atoms with Crippen molar-refractivity contribution in [2.45, 2.75) is 41.0 Å². The summed E-state index contributed by atoms with van der Waals surface area (Å²) in [4.78, 5) is 12.0. The molecule has 1 rings (SSSR count). The van der Waals surface area contributed by atoms with Crippen LogP contribution in [-0.4, -0.2) is 19.0 Å². The monoisotopic (exact) mass is 262 g/mol. The van der Waals surface area contributed by atoms with Crippen molar-refractivity contribution in [2.75, 3.05) is 13.1 Å². The summed E-state index contributed by atoms with van der Waals surface area (Å²) < 4.78 is 0. The number of hydrogen-bond acceptors (Lipinski definition) is 2. The second kappa shape index (κ2) is 6.20. The Morgan fingerprint density at radius 2 is 1.74 bits per heavy atom. The van der Waals surface area contributed by atoms with Crippen LogP contribution in [0.5, 0.6) is 0 Å². The largest absolute Gasteiger partial charge is 0.355 e. The SMILES string of the molecule is Cc1cc(C)c(CC(=O)NCC(C)(C)CN)c(C)c1. The Hall–Kier alpha value is -1.35. The molecule has 3 heteroatoms. The number of benzene rings is 1. The lowest BCUT2D eigenvalue weighted by Gasteiger charge is -2.22. The van der Waals surface area contributed by atoms with E-state index in [9.17, 15) is 4.79 Å². The number of hydrogen-bond donors (Lipinski definition) is 2. The van der Waals surface area contributed by atoms with Gasteiger partial charge in [0.15, 0.2) is 0 Å². The van der Waals surface area contributed by atoms with Gasteiger partial charge in [-0.15, -0.1) is 0 Å². The minimum atomic E-state index is -0.0486. The predicted octanol–water partition coefficient (Wildman–Crippen LogP) is 2.26. The Bertz CT molecular complexity index is 441. The summed E-state index contributed by atoms with van der Waals surface area (Å²) in [5, 5.41) is 2.97. The number of nitrogens with one attached hydrogen (secondary N) is 1. The highest BCUT2D eigenvalue weighted by Crippen LogP contribution is 2.17. The first-order valence-corrected chi connectivity index (χ1v) is 6.78. The zero-order valence-corrected chi connectivity index (χ0v) is 12.8. The fourth-order valence-corrected chi connectivity index (χ4v) is 2.12. The lowest BCUT2D eigenvalue weighted by Crippen LogP contribution is -2.39. The molecule has 0 saturated heterocycles. The van der Waals surface area contributed by atoms with E-state index in [4.69, 9.17) is 5.73 Å². The molecule has 3 nitrogen and oxygen atoms in total. The van der Waals surface area contributed by atoms with Gasteiger partial charge in [-0.2, -0.15) is 0 Å². The van der Waals surface area contributed by atoms with Crippen molar-refractivity contribution < 1.29 is 4.79 Å². The molecule has 0 heterocycles. The molecule has 1 aromatic carbocycles. The van der Waals surface area contributed by atoms with Crippen molar-refractivity contribution in [1.29, 1.82) is 0 Å². The number of amides is 1. The van der Waals surface area contributed by atoms with Gasteiger partial charge in [-0.25, -0.2) is 0 Å². The van der Waals surface area contributed by atoms with Crippen LogP contribution in [0.1, 0.15) is 36.1 Å². The molecule has 0 radical (unpaired) electrons. The lowest BCUT2D eigenvalue weighted by atomic mass is 9.93. The predicted molar refractivity (Wildman–Crippen MR) is 80.2 cm³/mol. The molecular formula is C16H26N2O. The van der Waals surface area contributed by atoms with Crippen LogP contribution in [-0.2, 0) is 11.2 Å². The van der Waals surface area contributed by atoms with E-state index in [1.807, 2.05) is 0 Å². The molecular weight excluding hydrogens is 236 g/mol. The van der Waals surface area contributed by atoms with E-state index in [2.05, 4.69) is 52.1 Å². The average molecular weight is 262 g/mol. The van der Waals surface area contributed by atoms with E-state index in [-0.39, 0.29) is 11.3 Å². The third-order valence-electron chi connectivity index (χ3n) is 3.49. The number of aryl methyl sites for hydroxylation is 3. The molecule has 0 atom stereocenters. The van der Waals surface area contributed by atoms with Gasteiger partial charge < -0.3 is 11.1 Å². The first kappa shape index (κ1) is 15.7. The molecule has 3 N–H and O–H groups in total. The van der Waals surface area contributed by atoms with Crippen molar-refractivity contribution in [3.8, 4) is 0 Å². The van der Waals surface area contributed by atoms with E-state index >= 15 is 0 Å². The molecule has 1 aromatic rings. The molecule has 19 heavy (non-hydrogen) atoms. The molecule has 0 aliphatic carbocycles. The molecule has 0 bridgehead atoms.